The minimum atomic E-state index is -0.107. The smallest absolute Gasteiger partial charge is 0.254 e. The molecule has 0 atom stereocenters. The third-order valence-corrected chi connectivity index (χ3v) is 2.39. The molecule has 0 unspecified atom stereocenters. The van der Waals surface area contributed by atoms with Gasteiger partial charge in [-0.3, -0.25) is 9.48 Å². The third kappa shape index (κ3) is 4.36. The molecule has 5 nitrogen and oxygen atoms in total. The lowest BCUT2D eigenvalue weighted by atomic mass is 10.2. The maximum atomic E-state index is 11.8. The van der Waals surface area contributed by atoms with Gasteiger partial charge in [0.1, 0.15) is 0 Å². The number of amides is 1. The van der Waals surface area contributed by atoms with E-state index in [9.17, 15) is 4.79 Å². The molecule has 6 heteroatoms. The van der Waals surface area contributed by atoms with Crippen LogP contribution in [0.4, 0.5) is 0 Å². The standard InChI is InChI=1S/C11H18ClN3O2/c1-3-10-9(8-15(2)14-10)11(16)13-5-7-17-6-4-12/h8H,3-7H2,1-2H3,(H,13,16). The van der Waals surface area contributed by atoms with Crippen molar-refractivity contribution in [2.75, 3.05) is 25.6 Å². The van der Waals surface area contributed by atoms with Crippen LogP contribution in [-0.4, -0.2) is 41.3 Å². The maximum absolute atomic E-state index is 11.8. The molecule has 17 heavy (non-hydrogen) atoms. The van der Waals surface area contributed by atoms with Gasteiger partial charge in [-0.2, -0.15) is 5.10 Å². The average Bonchev–Trinajstić information content (AvgIpc) is 2.70. The van der Waals surface area contributed by atoms with Gasteiger partial charge in [0.2, 0.25) is 0 Å². The quantitative estimate of drug-likeness (QED) is 0.586. The van der Waals surface area contributed by atoms with E-state index in [0.29, 0.717) is 31.2 Å². The number of nitrogens with zero attached hydrogens (tertiary/aromatic N) is 2. The molecule has 0 fully saturated rings. The summed E-state index contributed by atoms with van der Waals surface area (Å²) < 4.78 is 6.81. The molecule has 0 spiro atoms. The molecule has 0 radical (unpaired) electrons. The average molecular weight is 260 g/mol. The van der Waals surface area contributed by atoms with Crippen LogP contribution >= 0.6 is 11.6 Å². The molecule has 0 saturated heterocycles. The van der Waals surface area contributed by atoms with E-state index in [1.54, 1.807) is 17.9 Å². The molecule has 1 amide bonds. The van der Waals surface area contributed by atoms with E-state index in [1.165, 1.54) is 0 Å². The summed E-state index contributed by atoms with van der Waals surface area (Å²) in [5, 5.41) is 7.00. The van der Waals surface area contributed by atoms with E-state index in [2.05, 4.69) is 10.4 Å². The second kappa shape index (κ2) is 7.29. The van der Waals surface area contributed by atoms with Crippen molar-refractivity contribution in [1.29, 1.82) is 0 Å². The number of aromatic nitrogens is 2. The molecular formula is C11H18ClN3O2. The molecule has 0 aliphatic carbocycles. The van der Waals surface area contributed by atoms with Crippen LogP contribution in [0.3, 0.4) is 0 Å². The molecule has 0 saturated carbocycles. The summed E-state index contributed by atoms with van der Waals surface area (Å²) in [6, 6.07) is 0. The van der Waals surface area contributed by atoms with Crippen molar-refractivity contribution in [1.82, 2.24) is 15.1 Å². The van der Waals surface area contributed by atoms with Gasteiger partial charge in [-0.15, -0.1) is 11.6 Å². The van der Waals surface area contributed by atoms with Crippen molar-refractivity contribution in [2.24, 2.45) is 7.05 Å². The van der Waals surface area contributed by atoms with E-state index in [4.69, 9.17) is 16.3 Å². The molecule has 96 valence electrons. The number of aryl methyl sites for hydroxylation is 2. The highest BCUT2D eigenvalue weighted by Gasteiger charge is 2.13. The summed E-state index contributed by atoms with van der Waals surface area (Å²) in [5.41, 5.74) is 1.44. The molecule has 0 bridgehead atoms. The number of carbonyl (C=O) groups excluding carboxylic acids is 1. The first-order valence-electron chi connectivity index (χ1n) is 5.63. The first-order valence-corrected chi connectivity index (χ1v) is 6.17. The number of halogens is 1. The minimum absolute atomic E-state index is 0.107. The maximum Gasteiger partial charge on any atom is 0.254 e. The molecule has 0 aliphatic heterocycles. The van der Waals surface area contributed by atoms with Crippen LogP contribution < -0.4 is 5.32 Å². The fraction of sp³-hybridized carbons (Fsp3) is 0.636. The molecule has 0 aromatic carbocycles. The Morgan fingerprint density at radius 3 is 3.00 bits per heavy atom. The highest BCUT2D eigenvalue weighted by atomic mass is 35.5. The first kappa shape index (κ1) is 14.0. The molecule has 1 aromatic rings. The third-order valence-electron chi connectivity index (χ3n) is 2.24. The van der Waals surface area contributed by atoms with Crippen molar-refractivity contribution in [3.8, 4) is 0 Å². The first-order chi connectivity index (χ1) is 8.19. The molecular weight excluding hydrogens is 242 g/mol. The summed E-state index contributed by atoms with van der Waals surface area (Å²) in [6.07, 6.45) is 2.47. The van der Waals surface area contributed by atoms with E-state index in [1.807, 2.05) is 6.92 Å². The summed E-state index contributed by atoms with van der Waals surface area (Å²) in [6.45, 7) is 3.43. The van der Waals surface area contributed by atoms with Crippen molar-refractivity contribution < 1.29 is 9.53 Å². The van der Waals surface area contributed by atoms with Gasteiger partial charge in [-0.25, -0.2) is 0 Å². The van der Waals surface area contributed by atoms with Gasteiger partial charge < -0.3 is 10.1 Å². The molecule has 0 aliphatic rings. The molecule has 1 heterocycles. The van der Waals surface area contributed by atoms with Crippen molar-refractivity contribution in [2.45, 2.75) is 13.3 Å². The molecule has 1 rings (SSSR count). The second-order valence-corrected chi connectivity index (χ2v) is 3.95. The van der Waals surface area contributed by atoms with Crippen molar-refractivity contribution in [3.05, 3.63) is 17.5 Å². The Kier molecular flexibility index (Phi) is 6.00. The Labute approximate surface area is 106 Å². The van der Waals surface area contributed by atoms with Crippen LogP contribution in [0.25, 0.3) is 0 Å². The van der Waals surface area contributed by atoms with Gasteiger partial charge in [0.05, 0.1) is 24.5 Å². The zero-order chi connectivity index (χ0) is 12.7. The Balaban J connectivity index is 2.41. The van der Waals surface area contributed by atoms with E-state index < -0.39 is 0 Å². The lowest BCUT2D eigenvalue weighted by Crippen LogP contribution is -2.27. The van der Waals surface area contributed by atoms with E-state index >= 15 is 0 Å². The van der Waals surface area contributed by atoms with Gasteiger partial charge in [0.15, 0.2) is 0 Å². The van der Waals surface area contributed by atoms with Crippen LogP contribution in [0, 0.1) is 0 Å². The number of ether oxygens (including phenoxy) is 1. The van der Waals surface area contributed by atoms with Gasteiger partial charge in [-0.1, -0.05) is 6.92 Å². The zero-order valence-electron chi connectivity index (χ0n) is 10.2. The van der Waals surface area contributed by atoms with E-state index in [-0.39, 0.29) is 5.91 Å². The summed E-state index contributed by atoms with van der Waals surface area (Å²) >= 11 is 5.46. The monoisotopic (exact) mass is 259 g/mol. The lowest BCUT2D eigenvalue weighted by molar-refractivity contribution is 0.0922. The molecule has 1 aromatic heterocycles. The normalized spacial score (nSPS) is 10.5. The Morgan fingerprint density at radius 2 is 2.35 bits per heavy atom. The van der Waals surface area contributed by atoms with Gasteiger partial charge in [0.25, 0.3) is 5.91 Å². The van der Waals surface area contributed by atoms with Gasteiger partial charge >= 0.3 is 0 Å². The van der Waals surface area contributed by atoms with Gasteiger partial charge in [0, 0.05) is 25.7 Å². The summed E-state index contributed by atoms with van der Waals surface area (Å²) in [4.78, 5) is 11.8. The van der Waals surface area contributed by atoms with Crippen LogP contribution in [0.1, 0.15) is 23.0 Å². The van der Waals surface area contributed by atoms with Crippen molar-refractivity contribution >= 4 is 17.5 Å². The van der Waals surface area contributed by atoms with E-state index in [0.717, 1.165) is 12.1 Å². The Morgan fingerprint density at radius 1 is 1.59 bits per heavy atom. The number of nitrogens with one attached hydrogen (secondary N) is 1. The lowest BCUT2D eigenvalue weighted by Gasteiger charge is -2.04. The minimum Gasteiger partial charge on any atom is -0.378 e. The number of hydrogen-bond donors (Lipinski definition) is 1. The topological polar surface area (TPSA) is 56.2 Å². The predicted octanol–water partition coefficient (Wildman–Crippen LogP) is 0.968. The SMILES string of the molecule is CCc1nn(C)cc1C(=O)NCCOCCCl. The number of alkyl halides is 1. The molecule has 1 N–H and O–H groups in total. The van der Waals surface area contributed by atoms with Gasteiger partial charge in [-0.05, 0) is 6.42 Å². The largest absolute Gasteiger partial charge is 0.378 e. The van der Waals surface area contributed by atoms with Crippen LogP contribution in [0.15, 0.2) is 6.20 Å². The predicted molar refractivity (Wildman–Crippen MR) is 66.5 cm³/mol. The Hall–Kier alpha value is -1.07. The Bertz CT molecular complexity index is 366. The van der Waals surface area contributed by atoms with Crippen LogP contribution in [0.2, 0.25) is 0 Å². The van der Waals surface area contributed by atoms with Crippen LogP contribution in [-0.2, 0) is 18.2 Å². The highest BCUT2D eigenvalue weighted by molar-refractivity contribution is 6.17. The number of hydrogen-bond acceptors (Lipinski definition) is 3. The second-order valence-electron chi connectivity index (χ2n) is 3.57. The zero-order valence-corrected chi connectivity index (χ0v) is 11.0. The van der Waals surface area contributed by atoms with Crippen LogP contribution in [0.5, 0.6) is 0 Å². The summed E-state index contributed by atoms with van der Waals surface area (Å²) in [5.74, 6) is 0.362. The summed E-state index contributed by atoms with van der Waals surface area (Å²) in [7, 11) is 1.81. The van der Waals surface area contributed by atoms with Crippen molar-refractivity contribution in [3.63, 3.8) is 0 Å². The fourth-order valence-corrected chi connectivity index (χ4v) is 1.58. The number of rotatable bonds is 7. The number of carbonyl (C=O) groups is 1. The highest BCUT2D eigenvalue weighted by Crippen LogP contribution is 2.06. The fourth-order valence-electron chi connectivity index (χ4n) is 1.47.